The van der Waals surface area contributed by atoms with E-state index in [1.54, 1.807) is 19.2 Å². The van der Waals surface area contributed by atoms with Gasteiger partial charge in [-0.15, -0.1) is 0 Å². The van der Waals surface area contributed by atoms with Crippen LogP contribution >= 0.6 is 0 Å². The zero-order valence-corrected chi connectivity index (χ0v) is 12.9. The number of aromatic hydroxyl groups is 1. The van der Waals surface area contributed by atoms with Gasteiger partial charge in [0.25, 0.3) is 0 Å². The Kier molecular flexibility index (Phi) is 3.39. The molecule has 1 saturated heterocycles. The fraction of sp³-hybridized carbons (Fsp3) is 0.625. The third-order valence-electron chi connectivity index (χ3n) is 4.81. The predicted octanol–water partition coefficient (Wildman–Crippen LogP) is 2.03. The molecule has 0 amide bonds. The van der Waals surface area contributed by atoms with Crippen LogP contribution in [-0.2, 0) is 9.47 Å². The highest BCUT2D eigenvalue weighted by molar-refractivity contribution is 5.59. The molecule has 0 spiro atoms. The van der Waals surface area contributed by atoms with Gasteiger partial charge < -0.3 is 24.6 Å². The van der Waals surface area contributed by atoms with E-state index in [1.807, 2.05) is 27.0 Å². The summed E-state index contributed by atoms with van der Waals surface area (Å²) < 4.78 is 11.8. The second-order valence-electron chi connectivity index (χ2n) is 6.54. The lowest BCUT2D eigenvalue weighted by molar-refractivity contribution is -0.214. The number of fused-ring (bicyclic) bond motifs is 2. The van der Waals surface area contributed by atoms with Crippen molar-refractivity contribution in [1.82, 2.24) is 0 Å². The van der Waals surface area contributed by atoms with E-state index >= 15 is 0 Å². The molecule has 21 heavy (non-hydrogen) atoms. The quantitative estimate of drug-likeness (QED) is 0.829. The van der Waals surface area contributed by atoms with Crippen molar-refractivity contribution in [2.24, 2.45) is 5.92 Å². The molecule has 0 bridgehead atoms. The van der Waals surface area contributed by atoms with Crippen LogP contribution in [0.2, 0.25) is 0 Å². The molecule has 0 saturated carbocycles. The topological polar surface area (TPSA) is 62.2 Å². The molecular formula is C16H23NO4. The highest BCUT2D eigenvalue weighted by Gasteiger charge is 2.50. The summed E-state index contributed by atoms with van der Waals surface area (Å²) >= 11 is 0. The van der Waals surface area contributed by atoms with Gasteiger partial charge in [0.2, 0.25) is 0 Å². The van der Waals surface area contributed by atoms with Crippen LogP contribution in [0.5, 0.6) is 5.75 Å². The van der Waals surface area contributed by atoms with Crippen molar-refractivity contribution in [2.75, 3.05) is 19.1 Å². The number of aliphatic hydroxyl groups excluding tert-OH is 1. The van der Waals surface area contributed by atoms with Crippen LogP contribution in [0.1, 0.15) is 31.9 Å². The molecule has 0 unspecified atom stereocenters. The summed E-state index contributed by atoms with van der Waals surface area (Å²) in [6, 6.07) is 5.29. The van der Waals surface area contributed by atoms with Crippen LogP contribution in [0.3, 0.4) is 0 Å². The molecule has 5 heteroatoms. The first-order valence-electron chi connectivity index (χ1n) is 7.29. The minimum absolute atomic E-state index is 0.0253. The SMILES string of the molecule is CO[C@@H]1c2cc(O)ccc2N(C)[C@H]2OC(C)(C)[C@@H](O)C[C@@H]12. The minimum Gasteiger partial charge on any atom is -0.508 e. The molecule has 1 aromatic carbocycles. The van der Waals surface area contributed by atoms with Crippen molar-refractivity contribution in [3.8, 4) is 5.75 Å². The van der Waals surface area contributed by atoms with E-state index in [0.29, 0.717) is 6.42 Å². The molecular weight excluding hydrogens is 270 g/mol. The molecule has 2 aliphatic rings. The summed E-state index contributed by atoms with van der Waals surface area (Å²) in [5, 5.41) is 20.1. The lowest BCUT2D eigenvalue weighted by Crippen LogP contribution is -2.59. The third-order valence-corrected chi connectivity index (χ3v) is 4.81. The Morgan fingerprint density at radius 2 is 2.10 bits per heavy atom. The maximum atomic E-state index is 10.3. The molecule has 4 atom stereocenters. The number of phenolic OH excluding ortho intramolecular Hbond substituents is 1. The van der Waals surface area contributed by atoms with E-state index in [0.717, 1.165) is 11.3 Å². The maximum absolute atomic E-state index is 10.3. The normalized spacial score (nSPS) is 34.2. The first-order valence-corrected chi connectivity index (χ1v) is 7.29. The van der Waals surface area contributed by atoms with Crippen LogP contribution in [0.15, 0.2) is 18.2 Å². The number of ether oxygens (including phenoxy) is 2. The molecule has 5 nitrogen and oxygen atoms in total. The summed E-state index contributed by atoms with van der Waals surface area (Å²) in [6.45, 7) is 3.83. The number of hydrogen-bond donors (Lipinski definition) is 2. The van der Waals surface area contributed by atoms with Crippen molar-refractivity contribution >= 4 is 5.69 Å². The van der Waals surface area contributed by atoms with E-state index in [2.05, 4.69) is 4.90 Å². The molecule has 116 valence electrons. The standard InChI is InChI=1S/C16H23NO4/c1-16(2)13(19)8-11-14(20-4)10-7-9(18)5-6-12(10)17(3)15(11)21-16/h5-7,11,13-15,18-19H,8H2,1-4H3/t11-,13-,14+,15-/m0/s1. The van der Waals surface area contributed by atoms with Gasteiger partial charge in [0, 0.05) is 31.3 Å². The lowest BCUT2D eigenvalue weighted by Gasteiger charge is -2.53. The molecule has 0 radical (unpaired) electrons. The Bertz CT molecular complexity index is 545. The number of anilines is 1. The van der Waals surface area contributed by atoms with Gasteiger partial charge in [0.05, 0.1) is 17.8 Å². The summed E-state index contributed by atoms with van der Waals surface area (Å²) in [4.78, 5) is 2.07. The van der Waals surface area contributed by atoms with Crippen molar-refractivity contribution in [2.45, 2.75) is 44.3 Å². The van der Waals surface area contributed by atoms with Crippen molar-refractivity contribution in [3.05, 3.63) is 23.8 Å². The predicted molar refractivity (Wildman–Crippen MR) is 79.3 cm³/mol. The van der Waals surface area contributed by atoms with Crippen molar-refractivity contribution in [1.29, 1.82) is 0 Å². The lowest BCUT2D eigenvalue weighted by atomic mass is 9.78. The molecule has 2 N–H and O–H groups in total. The fourth-order valence-electron chi connectivity index (χ4n) is 3.54. The molecule has 1 fully saturated rings. The number of phenols is 1. The van der Waals surface area contributed by atoms with Crippen LogP contribution < -0.4 is 4.90 Å². The molecule has 3 rings (SSSR count). The van der Waals surface area contributed by atoms with E-state index in [4.69, 9.17) is 9.47 Å². The van der Waals surface area contributed by atoms with E-state index in [-0.39, 0.29) is 24.0 Å². The monoisotopic (exact) mass is 293 g/mol. The van der Waals surface area contributed by atoms with Gasteiger partial charge >= 0.3 is 0 Å². The van der Waals surface area contributed by atoms with E-state index < -0.39 is 11.7 Å². The minimum atomic E-state index is -0.581. The van der Waals surface area contributed by atoms with E-state index in [1.165, 1.54) is 0 Å². The third kappa shape index (κ3) is 2.20. The maximum Gasteiger partial charge on any atom is 0.136 e. The molecule has 0 aromatic heterocycles. The van der Waals surface area contributed by atoms with Gasteiger partial charge in [-0.05, 0) is 38.5 Å². The number of hydrogen-bond acceptors (Lipinski definition) is 5. The Morgan fingerprint density at radius 3 is 2.76 bits per heavy atom. The second-order valence-corrected chi connectivity index (χ2v) is 6.54. The first-order chi connectivity index (χ1) is 9.85. The Balaban J connectivity index is 2.06. The Hall–Kier alpha value is -1.30. The highest BCUT2D eigenvalue weighted by Crippen LogP contribution is 2.49. The summed E-state index contributed by atoms with van der Waals surface area (Å²) in [6.07, 6.45) is -0.275. The summed E-state index contributed by atoms with van der Waals surface area (Å²) in [5.74, 6) is 0.248. The Morgan fingerprint density at radius 1 is 1.38 bits per heavy atom. The average Bonchev–Trinajstić information content (AvgIpc) is 2.42. The van der Waals surface area contributed by atoms with Gasteiger partial charge in [-0.1, -0.05) is 0 Å². The largest absolute Gasteiger partial charge is 0.508 e. The highest BCUT2D eigenvalue weighted by atomic mass is 16.5. The molecule has 2 aliphatic heterocycles. The first kappa shape index (κ1) is 14.6. The Labute approximate surface area is 125 Å². The summed E-state index contributed by atoms with van der Waals surface area (Å²) in [5.41, 5.74) is 1.35. The average molecular weight is 293 g/mol. The zero-order valence-electron chi connectivity index (χ0n) is 12.9. The fourth-order valence-corrected chi connectivity index (χ4v) is 3.54. The molecule has 1 aromatic rings. The van der Waals surface area contributed by atoms with Crippen molar-refractivity contribution in [3.63, 3.8) is 0 Å². The van der Waals surface area contributed by atoms with E-state index in [9.17, 15) is 10.2 Å². The van der Waals surface area contributed by atoms with Crippen LogP contribution in [0, 0.1) is 5.92 Å². The number of aliphatic hydroxyl groups is 1. The van der Waals surface area contributed by atoms with Crippen LogP contribution in [0.25, 0.3) is 0 Å². The zero-order chi connectivity index (χ0) is 15.4. The van der Waals surface area contributed by atoms with Gasteiger partial charge in [0.1, 0.15) is 12.0 Å². The number of rotatable bonds is 1. The number of methoxy groups -OCH3 is 1. The second kappa shape index (κ2) is 4.87. The van der Waals surface area contributed by atoms with Crippen LogP contribution in [0.4, 0.5) is 5.69 Å². The van der Waals surface area contributed by atoms with Gasteiger partial charge in [-0.2, -0.15) is 0 Å². The van der Waals surface area contributed by atoms with Gasteiger partial charge in [-0.3, -0.25) is 0 Å². The number of benzene rings is 1. The summed E-state index contributed by atoms with van der Waals surface area (Å²) in [7, 11) is 3.64. The number of nitrogens with zero attached hydrogens (tertiary/aromatic N) is 1. The smallest absolute Gasteiger partial charge is 0.136 e. The molecule has 2 heterocycles. The molecule has 0 aliphatic carbocycles. The van der Waals surface area contributed by atoms with Crippen molar-refractivity contribution < 1.29 is 19.7 Å². The van der Waals surface area contributed by atoms with Gasteiger partial charge in [0.15, 0.2) is 0 Å². The van der Waals surface area contributed by atoms with Gasteiger partial charge in [-0.25, -0.2) is 0 Å². The van der Waals surface area contributed by atoms with Crippen LogP contribution in [-0.4, -0.2) is 42.3 Å².